The van der Waals surface area contributed by atoms with Crippen molar-refractivity contribution in [3.63, 3.8) is 0 Å². The molecule has 2 heterocycles. The van der Waals surface area contributed by atoms with Crippen LogP contribution < -0.4 is 4.90 Å². The molecule has 1 aromatic heterocycles. The van der Waals surface area contributed by atoms with Gasteiger partial charge in [-0.3, -0.25) is 19.4 Å². The predicted molar refractivity (Wildman–Crippen MR) is 173 cm³/mol. The van der Waals surface area contributed by atoms with Crippen LogP contribution in [0.25, 0.3) is 6.08 Å². The number of alkyl halides is 3. The zero-order chi connectivity index (χ0) is 34.0. The van der Waals surface area contributed by atoms with Gasteiger partial charge in [-0.2, -0.15) is 13.2 Å². The van der Waals surface area contributed by atoms with E-state index in [0.29, 0.717) is 39.3 Å². The van der Waals surface area contributed by atoms with Crippen molar-refractivity contribution in [2.75, 3.05) is 58.4 Å². The van der Waals surface area contributed by atoms with Gasteiger partial charge in [0.05, 0.1) is 17.9 Å². The summed E-state index contributed by atoms with van der Waals surface area (Å²) in [5.41, 5.74) is 1.91. The highest BCUT2D eigenvalue weighted by Gasteiger charge is 2.32. The second-order valence-electron chi connectivity index (χ2n) is 11.4. The molecule has 3 amide bonds. The third kappa shape index (κ3) is 9.89. The summed E-state index contributed by atoms with van der Waals surface area (Å²) in [7, 11) is 3.20. The zero-order valence-corrected chi connectivity index (χ0v) is 26.8. The molecule has 1 fully saturated rings. The van der Waals surface area contributed by atoms with E-state index < -0.39 is 23.7 Å². The monoisotopic (exact) mass is 651 g/mol. The first-order chi connectivity index (χ1) is 22.5. The predicted octanol–water partition coefficient (Wildman–Crippen LogP) is 4.53. The van der Waals surface area contributed by atoms with Crippen molar-refractivity contribution in [2.45, 2.75) is 32.1 Å². The number of anilines is 1. The lowest BCUT2D eigenvalue weighted by molar-refractivity contribution is -0.143. The third-order valence-electron chi connectivity index (χ3n) is 8.11. The van der Waals surface area contributed by atoms with Gasteiger partial charge in [0.15, 0.2) is 0 Å². The fourth-order valence-electron chi connectivity index (χ4n) is 5.32. The van der Waals surface area contributed by atoms with Crippen LogP contribution in [0.2, 0.25) is 0 Å². The molecule has 1 aliphatic heterocycles. The summed E-state index contributed by atoms with van der Waals surface area (Å²) < 4.78 is 44.3. The lowest BCUT2D eigenvalue weighted by Crippen LogP contribution is -2.51. The summed E-state index contributed by atoms with van der Waals surface area (Å²) in [6.07, 6.45) is -0.986. The van der Waals surface area contributed by atoms with Gasteiger partial charge >= 0.3 is 6.18 Å². The lowest BCUT2D eigenvalue weighted by atomic mass is 10.0. The van der Waals surface area contributed by atoms with Crippen LogP contribution in [-0.4, -0.2) is 96.9 Å². The molecule has 3 aromatic rings. The molecular weight excluding hydrogens is 611 g/mol. The average Bonchev–Trinajstić information content (AvgIpc) is 3.08. The standard InChI is InChI=1S/C35H40F3N5O4/c1-26(44)41-17-19-42(20-18-41)31-14-9-28(10-15-31)25-43(33(45)16-13-30-12-11-29(24-39-30)35(36,37)38)32(23-27-7-5-4-6-8-27)34(46)40(2)21-22-47-3/h4-16,24,32H,17-23,25H2,1-3H3/t32-/m0/s1. The van der Waals surface area contributed by atoms with Gasteiger partial charge in [-0.05, 0) is 41.5 Å². The summed E-state index contributed by atoms with van der Waals surface area (Å²) in [5.74, 6) is -0.716. The molecule has 0 unspecified atom stereocenters. The summed E-state index contributed by atoms with van der Waals surface area (Å²) in [6, 6.07) is 18.3. The Morgan fingerprint density at radius 1 is 0.957 bits per heavy atom. The van der Waals surface area contributed by atoms with E-state index in [1.165, 1.54) is 28.0 Å². The summed E-state index contributed by atoms with van der Waals surface area (Å²) >= 11 is 0. The Bertz CT molecular complexity index is 1510. The Kier molecular flexibility index (Phi) is 12.1. The molecule has 4 rings (SSSR count). The number of piperazine rings is 1. The topological polar surface area (TPSA) is 86.3 Å². The highest BCUT2D eigenvalue weighted by atomic mass is 19.4. The summed E-state index contributed by atoms with van der Waals surface area (Å²) in [4.78, 5) is 50.4. The van der Waals surface area contributed by atoms with E-state index >= 15 is 0 Å². The summed E-state index contributed by atoms with van der Waals surface area (Å²) in [5, 5.41) is 0. The van der Waals surface area contributed by atoms with Gasteiger partial charge in [0, 0.05) is 84.7 Å². The minimum Gasteiger partial charge on any atom is -0.383 e. The van der Waals surface area contributed by atoms with E-state index in [0.717, 1.165) is 29.1 Å². The van der Waals surface area contributed by atoms with Crippen LogP contribution in [-0.2, 0) is 38.3 Å². The summed E-state index contributed by atoms with van der Waals surface area (Å²) in [6.45, 7) is 4.98. The number of carbonyl (C=O) groups excluding carboxylic acids is 3. The molecule has 2 aromatic carbocycles. The number of aromatic nitrogens is 1. The largest absolute Gasteiger partial charge is 0.417 e. The number of hydrogen-bond donors (Lipinski definition) is 0. The Labute approximate surface area is 273 Å². The molecular formula is C35H40F3N5O4. The highest BCUT2D eigenvalue weighted by molar-refractivity contribution is 5.95. The van der Waals surface area contributed by atoms with Crippen LogP contribution in [0.15, 0.2) is 79.0 Å². The van der Waals surface area contributed by atoms with Crippen molar-refractivity contribution in [3.05, 3.63) is 101 Å². The maximum absolute atomic E-state index is 13.9. The van der Waals surface area contributed by atoms with Crippen molar-refractivity contribution in [1.82, 2.24) is 19.7 Å². The number of hydrogen-bond acceptors (Lipinski definition) is 6. The van der Waals surface area contributed by atoms with Crippen molar-refractivity contribution in [2.24, 2.45) is 0 Å². The van der Waals surface area contributed by atoms with E-state index in [2.05, 4.69) is 9.88 Å². The molecule has 47 heavy (non-hydrogen) atoms. The molecule has 0 radical (unpaired) electrons. The fourth-order valence-corrected chi connectivity index (χ4v) is 5.32. The molecule has 0 bridgehead atoms. The van der Waals surface area contributed by atoms with Gasteiger partial charge in [0.25, 0.3) is 0 Å². The number of benzene rings is 2. The first kappa shape index (κ1) is 35.1. The number of rotatable bonds is 12. The lowest BCUT2D eigenvalue weighted by Gasteiger charge is -2.36. The number of methoxy groups -OCH3 is 1. The van der Waals surface area contributed by atoms with Gasteiger partial charge in [0.2, 0.25) is 17.7 Å². The van der Waals surface area contributed by atoms with Crippen molar-refractivity contribution in [1.29, 1.82) is 0 Å². The number of halogens is 3. The van der Waals surface area contributed by atoms with E-state index in [9.17, 15) is 27.6 Å². The number of pyridine rings is 1. The Morgan fingerprint density at radius 2 is 1.64 bits per heavy atom. The number of ether oxygens (including phenoxy) is 1. The second kappa shape index (κ2) is 16.2. The molecule has 0 N–H and O–H groups in total. The van der Waals surface area contributed by atoms with Gasteiger partial charge in [0.1, 0.15) is 6.04 Å². The minimum atomic E-state index is -4.53. The quantitative estimate of drug-likeness (QED) is 0.268. The normalized spacial score (nSPS) is 14.3. The van der Waals surface area contributed by atoms with Gasteiger partial charge in [-0.25, -0.2) is 0 Å². The van der Waals surface area contributed by atoms with Crippen LogP contribution in [0.1, 0.15) is 29.3 Å². The molecule has 1 atom stereocenters. The first-order valence-electron chi connectivity index (χ1n) is 15.4. The second-order valence-corrected chi connectivity index (χ2v) is 11.4. The zero-order valence-electron chi connectivity index (χ0n) is 26.8. The average molecular weight is 652 g/mol. The Hall–Kier alpha value is -4.71. The van der Waals surface area contributed by atoms with Gasteiger partial charge < -0.3 is 24.3 Å². The molecule has 250 valence electrons. The minimum absolute atomic E-state index is 0.0559. The maximum Gasteiger partial charge on any atom is 0.417 e. The number of amides is 3. The maximum atomic E-state index is 13.9. The van der Waals surface area contributed by atoms with Crippen LogP contribution in [0.5, 0.6) is 0 Å². The molecule has 0 saturated carbocycles. The SMILES string of the molecule is COCCN(C)C(=O)[C@H](Cc1ccccc1)N(Cc1ccc(N2CCN(C(C)=O)CC2)cc1)C(=O)C=Cc1ccc(C(F)(F)F)cn1. The van der Waals surface area contributed by atoms with Crippen molar-refractivity contribution in [3.8, 4) is 0 Å². The van der Waals surface area contributed by atoms with Crippen LogP contribution in [0.4, 0.5) is 18.9 Å². The molecule has 9 nitrogen and oxygen atoms in total. The Balaban J connectivity index is 1.63. The molecule has 1 aliphatic rings. The van der Waals surface area contributed by atoms with Crippen LogP contribution in [0, 0.1) is 0 Å². The van der Waals surface area contributed by atoms with Crippen LogP contribution in [0.3, 0.4) is 0 Å². The van der Waals surface area contributed by atoms with E-state index in [4.69, 9.17) is 4.74 Å². The van der Waals surface area contributed by atoms with Gasteiger partial charge in [-0.1, -0.05) is 42.5 Å². The number of carbonyl (C=O) groups is 3. The number of likely N-dealkylation sites (N-methyl/N-ethyl adjacent to an activating group) is 1. The fraction of sp³-hybridized carbons (Fsp3) is 0.371. The van der Waals surface area contributed by atoms with E-state index in [-0.39, 0.29) is 30.5 Å². The Morgan fingerprint density at radius 3 is 2.21 bits per heavy atom. The highest BCUT2D eigenvalue weighted by Crippen LogP contribution is 2.28. The first-order valence-corrected chi connectivity index (χ1v) is 15.4. The number of nitrogens with zero attached hydrogens (tertiary/aromatic N) is 5. The van der Waals surface area contributed by atoms with Crippen LogP contribution >= 0.6 is 0 Å². The van der Waals surface area contributed by atoms with Gasteiger partial charge in [-0.15, -0.1) is 0 Å². The molecule has 1 saturated heterocycles. The molecule has 0 spiro atoms. The van der Waals surface area contributed by atoms with Crippen molar-refractivity contribution >= 4 is 29.5 Å². The van der Waals surface area contributed by atoms with E-state index in [1.54, 1.807) is 21.1 Å². The van der Waals surface area contributed by atoms with Crippen molar-refractivity contribution < 1.29 is 32.3 Å². The molecule has 0 aliphatic carbocycles. The van der Waals surface area contributed by atoms with E-state index in [1.807, 2.05) is 59.5 Å². The molecule has 12 heteroatoms. The smallest absolute Gasteiger partial charge is 0.383 e. The third-order valence-corrected chi connectivity index (χ3v) is 8.11.